The molecule has 0 aromatic carbocycles. The fourth-order valence-electron chi connectivity index (χ4n) is 1.99. The highest BCUT2D eigenvalue weighted by molar-refractivity contribution is 5.81. The quantitative estimate of drug-likeness (QED) is 0.670. The van der Waals surface area contributed by atoms with Crippen LogP contribution in [0.5, 0.6) is 0 Å². The second-order valence-corrected chi connectivity index (χ2v) is 4.48. The van der Waals surface area contributed by atoms with Gasteiger partial charge in [0.1, 0.15) is 0 Å². The Kier molecular flexibility index (Phi) is 3.59. The summed E-state index contributed by atoms with van der Waals surface area (Å²) < 4.78 is 5.65. The van der Waals surface area contributed by atoms with Crippen molar-refractivity contribution in [2.45, 2.75) is 31.8 Å². The summed E-state index contributed by atoms with van der Waals surface area (Å²) in [5.74, 6) is 0.688. The van der Waals surface area contributed by atoms with Crippen molar-refractivity contribution in [1.82, 2.24) is 4.90 Å². The molecule has 0 aromatic rings. The van der Waals surface area contributed by atoms with Crippen molar-refractivity contribution in [3.8, 4) is 0 Å². The normalized spacial score (nSPS) is 25.9. The van der Waals surface area contributed by atoms with Crippen LogP contribution in [0, 0.1) is 5.92 Å². The van der Waals surface area contributed by atoms with Crippen molar-refractivity contribution in [2.24, 2.45) is 11.7 Å². The summed E-state index contributed by atoms with van der Waals surface area (Å²) in [7, 11) is 0. The summed E-state index contributed by atoms with van der Waals surface area (Å²) in [6, 6.07) is 0. The highest BCUT2D eigenvalue weighted by Gasteiger charge is 2.36. The molecule has 0 radical (unpaired) electrons. The first kappa shape index (κ1) is 10.9. The highest BCUT2D eigenvalue weighted by Crippen LogP contribution is 2.32. The van der Waals surface area contributed by atoms with Gasteiger partial charge in [0.05, 0.1) is 6.10 Å². The average molecular weight is 212 g/mol. The third-order valence-electron chi connectivity index (χ3n) is 3.09. The molecule has 2 fully saturated rings. The molecule has 1 unspecified atom stereocenters. The largest absolute Gasteiger partial charge is 0.376 e. The number of nitrogens with two attached hydrogens (primary N) is 1. The molecule has 86 valence electrons. The number of nitrogens with zero attached hydrogens (tertiary/aromatic N) is 1. The standard InChI is InChI=1S/C11H20N2O2/c12-5-1-7-15-10-4-6-13(8-10)11(14)9-2-3-9/h9-10H,1-8,12H2. The average Bonchev–Trinajstić information content (AvgIpc) is 2.98. The molecule has 1 saturated carbocycles. The predicted molar refractivity (Wildman–Crippen MR) is 57.3 cm³/mol. The predicted octanol–water partition coefficient (Wildman–Crippen LogP) is 0.363. The minimum atomic E-state index is 0.249. The number of carbonyl (C=O) groups excluding carboxylic acids is 1. The van der Waals surface area contributed by atoms with Crippen molar-refractivity contribution in [2.75, 3.05) is 26.2 Å². The Labute approximate surface area is 90.8 Å². The Morgan fingerprint density at radius 1 is 1.40 bits per heavy atom. The van der Waals surface area contributed by atoms with Gasteiger partial charge in [0, 0.05) is 25.6 Å². The molecule has 4 nitrogen and oxygen atoms in total. The van der Waals surface area contributed by atoms with Crippen molar-refractivity contribution in [3.63, 3.8) is 0 Å². The number of rotatable bonds is 5. The van der Waals surface area contributed by atoms with E-state index >= 15 is 0 Å². The molecule has 1 aliphatic carbocycles. The van der Waals surface area contributed by atoms with E-state index in [0.29, 0.717) is 18.4 Å². The van der Waals surface area contributed by atoms with Crippen molar-refractivity contribution < 1.29 is 9.53 Å². The highest BCUT2D eigenvalue weighted by atomic mass is 16.5. The van der Waals surface area contributed by atoms with Crippen LogP contribution in [0.2, 0.25) is 0 Å². The summed E-state index contributed by atoms with van der Waals surface area (Å²) in [6.07, 6.45) is 4.33. The zero-order valence-electron chi connectivity index (χ0n) is 9.15. The topological polar surface area (TPSA) is 55.6 Å². The first-order valence-electron chi connectivity index (χ1n) is 5.91. The van der Waals surface area contributed by atoms with E-state index in [1.807, 2.05) is 4.90 Å². The van der Waals surface area contributed by atoms with Crippen LogP contribution in [0.3, 0.4) is 0 Å². The number of amides is 1. The van der Waals surface area contributed by atoms with Crippen molar-refractivity contribution in [1.29, 1.82) is 0 Å². The summed E-state index contributed by atoms with van der Waals surface area (Å²) in [6.45, 7) is 3.08. The van der Waals surface area contributed by atoms with Gasteiger partial charge in [-0.3, -0.25) is 4.79 Å². The van der Waals surface area contributed by atoms with Gasteiger partial charge in [0.25, 0.3) is 0 Å². The van der Waals surface area contributed by atoms with E-state index in [9.17, 15) is 4.79 Å². The lowest BCUT2D eigenvalue weighted by Gasteiger charge is -2.16. The lowest BCUT2D eigenvalue weighted by atomic mass is 10.3. The molecule has 2 N–H and O–H groups in total. The third kappa shape index (κ3) is 2.92. The fourth-order valence-corrected chi connectivity index (χ4v) is 1.99. The van der Waals surface area contributed by atoms with E-state index in [1.54, 1.807) is 0 Å². The van der Waals surface area contributed by atoms with Crippen LogP contribution in [-0.2, 0) is 9.53 Å². The van der Waals surface area contributed by atoms with Crippen LogP contribution in [0.4, 0.5) is 0 Å². The minimum absolute atomic E-state index is 0.249. The molecular weight excluding hydrogens is 192 g/mol. The van der Waals surface area contributed by atoms with Crippen LogP contribution in [-0.4, -0.2) is 43.2 Å². The molecule has 1 amide bonds. The maximum absolute atomic E-state index is 11.7. The second-order valence-electron chi connectivity index (χ2n) is 4.48. The first-order valence-corrected chi connectivity index (χ1v) is 5.91. The SMILES string of the molecule is NCCCOC1CCN(C(=O)C2CC2)C1. The van der Waals surface area contributed by atoms with Gasteiger partial charge in [-0.05, 0) is 32.2 Å². The van der Waals surface area contributed by atoms with Crippen LogP contribution in [0.1, 0.15) is 25.7 Å². The monoisotopic (exact) mass is 212 g/mol. The number of likely N-dealkylation sites (tertiary alicyclic amines) is 1. The van der Waals surface area contributed by atoms with Gasteiger partial charge in [-0.25, -0.2) is 0 Å². The molecule has 0 bridgehead atoms. The Bertz CT molecular complexity index is 229. The molecule has 1 saturated heterocycles. The van der Waals surface area contributed by atoms with Crippen LogP contribution < -0.4 is 5.73 Å². The maximum atomic E-state index is 11.7. The zero-order valence-corrected chi connectivity index (χ0v) is 9.15. The number of hydrogen-bond donors (Lipinski definition) is 1. The van der Waals surface area contributed by atoms with E-state index < -0.39 is 0 Å². The molecule has 1 heterocycles. The van der Waals surface area contributed by atoms with E-state index in [1.165, 1.54) is 0 Å². The summed E-state index contributed by atoms with van der Waals surface area (Å²) in [5, 5.41) is 0. The molecular formula is C11H20N2O2. The van der Waals surface area contributed by atoms with Crippen LogP contribution >= 0.6 is 0 Å². The molecule has 1 aliphatic heterocycles. The van der Waals surface area contributed by atoms with E-state index in [2.05, 4.69) is 0 Å². The zero-order chi connectivity index (χ0) is 10.7. The Morgan fingerprint density at radius 2 is 2.20 bits per heavy atom. The lowest BCUT2D eigenvalue weighted by molar-refractivity contribution is -0.132. The second kappa shape index (κ2) is 4.94. The molecule has 0 spiro atoms. The summed E-state index contributed by atoms with van der Waals surface area (Å²) >= 11 is 0. The smallest absolute Gasteiger partial charge is 0.225 e. The fraction of sp³-hybridized carbons (Fsp3) is 0.909. The Morgan fingerprint density at radius 3 is 2.87 bits per heavy atom. The summed E-state index contributed by atoms with van der Waals surface area (Å²) in [5.41, 5.74) is 5.39. The van der Waals surface area contributed by atoms with Crippen LogP contribution in [0.25, 0.3) is 0 Å². The van der Waals surface area contributed by atoms with E-state index in [0.717, 1.165) is 45.4 Å². The first-order chi connectivity index (χ1) is 7.31. The Balaban J connectivity index is 1.67. The van der Waals surface area contributed by atoms with Gasteiger partial charge < -0.3 is 15.4 Å². The van der Waals surface area contributed by atoms with Gasteiger partial charge in [0.15, 0.2) is 0 Å². The van der Waals surface area contributed by atoms with E-state index in [-0.39, 0.29) is 6.10 Å². The van der Waals surface area contributed by atoms with Gasteiger partial charge in [0.2, 0.25) is 5.91 Å². The lowest BCUT2D eigenvalue weighted by Crippen LogP contribution is -2.31. The van der Waals surface area contributed by atoms with Gasteiger partial charge in [-0.1, -0.05) is 0 Å². The van der Waals surface area contributed by atoms with Crippen molar-refractivity contribution in [3.05, 3.63) is 0 Å². The van der Waals surface area contributed by atoms with E-state index in [4.69, 9.17) is 10.5 Å². The molecule has 2 rings (SSSR count). The number of carbonyl (C=O) groups is 1. The molecule has 1 atom stereocenters. The Hall–Kier alpha value is -0.610. The minimum Gasteiger partial charge on any atom is -0.376 e. The van der Waals surface area contributed by atoms with Gasteiger partial charge in [-0.2, -0.15) is 0 Å². The van der Waals surface area contributed by atoms with Gasteiger partial charge >= 0.3 is 0 Å². The number of ether oxygens (including phenoxy) is 1. The molecule has 15 heavy (non-hydrogen) atoms. The van der Waals surface area contributed by atoms with Crippen LogP contribution in [0.15, 0.2) is 0 Å². The van der Waals surface area contributed by atoms with Crippen molar-refractivity contribution >= 4 is 5.91 Å². The summed E-state index contributed by atoms with van der Waals surface area (Å²) in [4.78, 5) is 13.7. The number of hydrogen-bond acceptors (Lipinski definition) is 3. The molecule has 2 aliphatic rings. The maximum Gasteiger partial charge on any atom is 0.225 e. The third-order valence-corrected chi connectivity index (χ3v) is 3.09. The molecule has 0 aromatic heterocycles. The van der Waals surface area contributed by atoms with Gasteiger partial charge in [-0.15, -0.1) is 0 Å². The molecule has 4 heteroatoms.